The molecule has 1 aromatic heterocycles. The lowest BCUT2D eigenvalue weighted by Gasteiger charge is -2.01. The average molecular weight is 253 g/mol. The summed E-state index contributed by atoms with van der Waals surface area (Å²) in [4.78, 5) is 11.4. The van der Waals surface area contributed by atoms with E-state index in [-0.39, 0.29) is 5.57 Å². The van der Waals surface area contributed by atoms with E-state index in [1.807, 2.05) is 17.8 Å². The molecule has 0 fully saturated rings. The molecule has 0 aliphatic carbocycles. The number of nitrogens with one attached hydrogen (secondary N) is 1. The maximum absolute atomic E-state index is 11.4. The van der Waals surface area contributed by atoms with E-state index in [2.05, 4.69) is 15.7 Å². The van der Waals surface area contributed by atoms with Gasteiger partial charge in [0.05, 0.1) is 14.2 Å². The second-order valence-corrected chi connectivity index (χ2v) is 3.85. The van der Waals surface area contributed by atoms with Gasteiger partial charge in [0.25, 0.3) is 6.33 Å². The quantitative estimate of drug-likeness (QED) is 0.275. The normalized spacial score (nSPS) is 10.9. The molecule has 0 bridgehead atoms. The molecule has 0 saturated carbocycles. The number of carbonyl (C=O) groups is 1. The molecule has 90 valence electrons. The predicted molar refractivity (Wildman–Crippen MR) is 65.2 cm³/mol. The Morgan fingerprint density at radius 3 is 2.76 bits per heavy atom. The average Bonchev–Trinajstić information content (AvgIpc) is 2.74. The van der Waals surface area contributed by atoms with Crippen molar-refractivity contribution in [2.75, 3.05) is 13.4 Å². The molecule has 6 nitrogen and oxygen atoms in total. The first kappa shape index (κ1) is 13.2. The molecular weight excluding hydrogens is 240 g/mol. The smallest absolute Gasteiger partial charge is 0.350 e. The van der Waals surface area contributed by atoms with Crippen LogP contribution in [0.5, 0.6) is 0 Å². The number of thioether (sulfide) groups is 1. The SMILES string of the molecule is COC(=O)C(=C=N)/C(=N/n1cc[n+](C)c1)SC. The van der Waals surface area contributed by atoms with E-state index in [9.17, 15) is 4.79 Å². The van der Waals surface area contributed by atoms with Crippen molar-refractivity contribution in [1.29, 1.82) is 5.41 Å². The maximum atomic E-state index is 11.4. The Kier molecular flexibility index (Phi) is 4.68. The lowest BCUT2D eigenvalue weighted by atomic mass is 10.3. The highest BCUT2D eigenvalue weighted by molar-refractivity contribution is 8.14. The molecule has 0 amide bonds. The van der Waals surface area contributed by atoms with E-state index in [1.54, 1.807) is 23.5 Å². The number of ether oxygens (including phenoxy) is 1. The molecule has 1 N–H and O–H groups in total. The standard InChI is InChI=1S/C10H13N4O2S/c1-13-4-5-14(7-13)12-9(17-3)8(6-11)10(15)16-2/h4-5,7,11H,1-3H3/q+1/b12-9-. The molecule has 0 radical (unpaired) electrons. The highest BCUT2D eigenvalue weighted by Crippen LogP contribution is 2.09. The molecule has 0 saturated heterocycles. The Morgan fingerprint density at radius 2 is 2.35 bits per heavy atom. The summed E-state index contributed by atoms with van der Waals surface area (Å²) in [5, 5.41) is 11.7. The van der Waals surface area contributed by atoms with Crippen LogP contribution in [0.1, 0.15) is 0 Å². The molecule has 0 atom stereocenters. The fourth-order valence-corrected chi connectivity index (χ4v) is 1.60. The van der Waals surface area contributed by atoms with Crippen LogP contribution >= 0.6 is 11.8 Å². The lowest BCUT2D eigenvalue weighted by Crippen LogP contribution is -2.23. The third-order valence-corrected chi connectivity index (χ3v) is 2.56. The number of aryl methyl sites for hydroxylation is 1. The molecule has 1 heterocycles. The maximum Gasteiger partial charge on any atom is 0.350 e. The molecule has 17 heavy (non-hydrogen) atoms. The van der Waals surface area contributed by atoms with Crippen LogP contribution in [0.15, 0.2) is 29.4 Å². The summed E-state index contributed by atoms with van der Waals surface area (Å²) >= 11 is 1.25. The number of esters is 1. The number of carbonyl (C=O) groups excluding carboxylic acids is 1. The van der Waals surface area contributed by atoms with Gasteiger partial charge in [-0.1, -0.05) is 5.10 Å². The number of rotatable bonds is 3. The van der Waals surface area contributed by atoms with Gasteiger partial charge >= 0.3 is 5.97 Å². The van der Waals surface area contributed by atoms with Crippen molar-refractivity contribution in [3.05, 3.63) is 24.3 Å². The zero-order valence-electron chi connectivity index (χ0n) is 9.80. The summed E-state index contributed by atoms with van der Waals surface area (Å²) < 4.78 is 7.92. The number of methoxy groups -OCH3 is 1. The molecular formula is C10H13N4O2S+. The van der Waals surface area contributed by atoms with Crippen LogP contribution in [0, 0.1) is 5.41 Å². The van der Waals surface area contributed by atoms with Gasteiger partial charge in [-0.15, -0.1) is 16.4 Å². The van der Waals surface area contributed by atoms with Crippen molar-refractivity contribution in [2.24, 2.45) is 12.1 Å². The third kappa shape index (κ3) is 3.30. The van der Waals surface area contributed by atoms with Gasteiger partial charge in [0.1, 0.15) is 6.20 Å². The Balaban J connectivity index is 3.10. The second kappa shape index (κ2) is 6.03. The molecule has 0 unspecified atom stereocenters. The van der Waals surface area contributed by atoms with Gasteiger partial charge in [-0.05, 0) is 12.1 Å². The summed E-state index contributed by atoms with van der Waals surface area (Å²) in [6.07, 6.45) is 7.04. The van der Waals surface area contributed by atoms with Gasteiger partial charge in [0, 0.05) is 0 Å². The molecule has 1 aromatic rings. The van der Waals surface area contributed by atoms with Gasteiger partial charge in [-0.3, -0.25) is 5.41 Å². The molecule has 0 spiro atoms. The number of hydrogen-bond donors (Lipinski definition) is 1. The lowest BCUT2D eigenvalue weighted by molar-refractivity contribution is -0.671. The van der Waals surface area contributed by atoms with Crippen molar-refractivity contribution >= 4 is 28.6 Å². The van der Waals surface area contributed by atoms with Crippen LogP contribution in [0.25, 0.3) is 0 Å². The van der Waals surface area contributed by atoms with Gasteiger partial charge in [-0.25, -0.2) is 9.36 Å². The largest absolute Gasteiger partial charge is 0.465 e. The first-order chi connectivity index (χ1) is 8.12. The number of nitrogens with zero attached hydrogens (tertiary/aromatic N) is 3. The van der Waals surface area contributed by atoms with Crippen LogP contribution in [0.4, 0.5) is 0 Å². The summed E-state index contributed by atoms with van der Waals surface area (Å²) in [6.45, 7) is 0. The monoisotopic (exact) mass is 253 g/mol. The topological polar surface area (TPSA) is 71.3 Å². The molecule has 1 rings (SSSR count). The van der Waals surface area contributed by atoms with Gasteiger partial charge in [-0.2, -0.15) is 0 Å². The van der Waals surface area contributed by atoms with Crippen molar-refractivity contribution < 1.29 is 14.1 Å². The van der Waals surface area contributed by atoms with E-state index < -0.39 is 5.97 Å². The molecule has 0 aliphatic heterocycles. The number of imidazole rings is 1. The van der Waals surface area contributed by atoms with Gasteiger partial charge in [0.2, 0.25) is 0 Å². The molecule has 0 aliphatic rings. The fourth-order valence-electron chi connectivity index (χ4n) is 1.09. The zero-order valence-corrected chi connectivity index (χ0v) is 10.6. The fraction of sp³-hybridized carbons (Fsp3) is 0.300. The Bertz CT molecular complexity index is 500. The Morgan fingerprint density at radius 1 is 1.65 bits per heavy atom. The highest BCUT2D eigenvalue weighted by Gasteiger charge is 2.18. The van der Waals surface area contributed by atoms with E-state index in [1.165, 1.54) is 18.9 Å². The van der Waals surface area contributed by atoms with Crippen molar-refractivity contribution in [3.63, 3.8) is 0 Å². The van der Waals surface area contributed by atoms with Crippen LogP contribution in [-0.2, 0) is 16.6 Å². The summed E-state index contributed by atoms with van der Waals surface area (Å²) in [5.74, 6) is 1.43. The van der Waals surface area contributed by atoms with E-state index in [0.29, 0.717) is 5.04 Å². The first-order valence-corrected chi connectivity index (χ1v) is 5.89. The van der Waals surface area contributed by atoms with E-state index in [4.69, 9.17) is 5.41 Å². The van der Waals surface area contributed by atoms with Crippen LogP contribution in [0.2, 0.25) is 0 Å². The summed E-state index contributed by atoms with van der Waals surface area (Å²) in [5.41, 5.74) is 0.0105. The summed E-state index contributed by atoms with van der Waals surface area (Å²) in [7, 11) is 3.12. The van der Waals surface area contributed by atoms with Gasteiger partial charge in [0.15, 0.2) is 16.8 Å². The Labute approximate surface area is 103 Å². The predicted octanol–water partition coefficient (Wildman–Crippen LogP) is 0.185. The van der Waals surface area contributed by atoms with Crippen LogP contribution in [0.3, 0.4) is 0 Å². The van der Waals surface area contributed by atoms with Crippen LogP contribution < -0.4 is 4.57 Å². The summed E-state index contributed by atoms with van der Waals surface area (Å²) in [6, 6.07) is 0. The molecule has 0 aromatic carbocycles. The minimum absolute atomic E-state index is 0.0105. The second-order valence-electron chi connectivity index (χ2n) is 3.06. The number of aromatic nitrogens is 2. The highest BCUT2D eigenvalue weighted by atomic mass is 32.2. The zero-order chi connectivity index (χ0) is 12.8. The molecule has 7 heteroatoms. The minimum atomic E-state index is -0.621. The van der Waals surface area contributed by atoms with Crippen LogP contribution in [-0.4, -0.2) is 34.9 Å². The Hall–Kier alpha value is -1.85. The van der Waals surface area contributed by atoms with Gasteiger partial charge < -0.3 is 4.74 Å². The van der Waals surface area contributed by atoms with E-state index in [0.717, 1.165) is 0 Å². The van der Waals surface area contributed by atoms with E-state index >= 15 is 0 Å². The van der Waals surface area contributed by atoms with Crippen molar-refractivity contribution in [2.45, 2.75) is 0 Å². The first-order valence-electron chi connectivity index (χ1n) is 4.67. The minimum Gasteiger partial charge on any atom is -0.465 e. The third-order valence-electron chi connectivity index (χ3n) is 1.88. The van der Waals surface area contributed by atoms with Crippen molar-refractivity contribution in [1.82, 2.24) is 4.68 Å². The van der Waals surface area contributed by atoms with Crippen molar-refractivity contribution in [3.8, 4) is 0 Å². The number of hydrogen-bond acceptors (Lipinski definition) is 5.